The number of rotatable bonds is 14. The second-order valence-electron chi connectivity index (χ2n) is 7.12. The molecule has 8 heteroatoms. The molecule has 0 bridgehead atoms. The maximum atomic E-state index is 11.2. The van der Waals surface area contributed by atoms with Crippen molar-refractivity contribution < 1.29 is 38.1 Å². The first-order chi connectivity index (χ1) is 15.0. The first-order valence-corrected chi connectivity index (χ1v) is 10.2. The molecule has 0 aliphatic rings. The molecule has 0 atom stereocenters. The Morgan fingerprint density at radius 2 is 1.19 bits per heavy atom. The number of esters is 4. The summed E-state index contributed by atoms with van der Waals surface area (Å²) < 4.78 is 19.3. The van der Waals surface area contributed by atoms with Gasteiger partial charge in [-0.2, -0.15) is 0 Å². The van der Waals surface area contributed by atoms with Gasteiger partial charge in [0.05, 0.1) is 0 Å². The van der Waals surface area contributed by atoms with Crippen molar-refractivity contribution in [2.45, 2.75) is 53.4 Å². The summed E-state index contributed by atoms with van der Waals surface area (Å²) in [7, 11) is 0. The molecule has 0 heterocycles. The lowest BCUT2D eigenvalue weighted by molar-refractivity contribution is -0.161. The van der Waals surface area contributed by atoms with E-state index in [9.17, 15) is 19.2 Å². The highest BCUT2D eigenvalue weighted by Gasteiger charge is 2.31. The van der Waals surface area contributed by atoms with Crippen LogP contribution in [0.3, 0.4) is 0 Å². The molecule has 32 heavy (non-hydrogen) atoms. The Morgan fingerprint density at radius 3 is 1.47 bits per heavy atom. The molecule has 0 amide bonds. The molecule has 0 rings (SSSR count). The normalized spacial score (nSPS) is 9.88. The molecule has 8 nitrogen and oxygen atoms in total. The third kappa shape index (κ3) is 14.8. The fourth-order valence-corrected chi connectivity index (χ4v) is 2.07. The van der Waals surface area contributed by atoms with Crippen LogP contribution in [0.1, 0.15) is 53.4 Å². The van der Waals surface area contributed by atoms with Crippen LogP contribution in [-0.2, 0) is 38.1 Å². The van der Waals surface area contributed by atoms with Crippen LogP contribution < -0.4 is 0 Å². The predicted octanol–water partition coefficient (Wildman–Crippen LogP) is 4.21. The van der Waals surface area contributed by atoms with Crippen LogP contribution in [0.2, 0.25) is 0 Å². The maximum Gasteiger partial charge on any atom is 0.335 e. The monoisotopic (exact) mass is 452 g/mol. The molecule has 0 aliphatic heterocycles. The predicted molar refractivity (Wildman–Crippen MR) is 121 cm³/mol. The van der Waals surface area contributed by atoms with E-state index >= 15 is 0 Å². The Labute approximate surface area is 190 Å². The van der Waals surface area contributed by atoms with Crippen molar-refractivity contribution in [3.8, 4) is 0 Å². The minimum atomic E-state index is -0.588. The third-order valence-corrected chi connectivity index (χ3v) is 4.26. The summed E-state index contributed by atoms with van der Waals surface area (Å²) in [6.07, 6.45) is 5.90. The van der Waals surface area contributed by atoms with E-state index in [0.29, 0.717) is 0 Å². The molecule has 0 spiro atoms. The number of hydrogen-bond acceptors (Lipinski definition) is 8. The SMILES string of the molecule is C=C(C)C(=O)OCOC(=O)C(=C)C.C=CC(=O)OCC(CC)(CCCC)COC(=O)C=C. The first-order valence-electron chi connectivity index (χ1n) is 10.2. The van der Waals surface area contributed by atoms with Crippen LogP contribution in [0.5, 0.6) is 0 Å². The van der Waals surface area contributed by atoms with Crippen molar-refractivity contribution in [1.29, 1.82) is 0 Å². The summed E-state index contributed by atoms with van der Waals surface area (Å²) in [6.45, 7) is 20.6. The van der Waals surface area contributed by atoms with Crippen LogP contribution >= 0.6 is 0 Å². The lowest BCUT2D eigenvalue weighted by atomic mass is 9.81. The molecule has 0 saturated carbocycles. The molecule has 0 aromatic carbocycles. The van der Waals surface area contributed by atoms with Gasteiger partial charge in [0, 0.05) is 28.7 Å². The van der Waals surface area contributed by atoms with Crippen LogP contribution in [-0.4, -0.2) is 43.9 Å². The molecular weight excluding hydrogens is 416 g/mol. The minimum absolute atomic E-state index is 0.235. The molecule has 0 aromatic heterocycles. The average molecular weight is 453 g/mol. The van der Waals surface area contributed by atoms with Gasteiger partial charge in [-0.3, -0.25) is 0 Å². The number of carbonyl (C=O) groups is 4. The lowest BCUT2D eigenvalue weighted by Crippen LogP contribution is -2.33. The zero-order valence-electron chi connectivity index (χ0n) is 19.7. The van der Waals surface area contributed by atoms with Gasteiger partial charge in [-0.15, -0.1) is 0 Å². The van der Waals surface area contributed by atoms with E-state index in [1.54, 1.807) is 0 Å². The van der Waals surface area contributed by atoms with E-state index in [4.69, 9.17) is 9.47 Å². The molecule has 0 radical (unpaired) electrons. The Kier molecular flexibility index (Phi) is 17.0. The fourth-order valence-electron chi connectivity index (χ4n) is 2.07. The summed E-state index contributed by atoms with van der Waals surface area (Å²) in [5.41, 5.74) is 0.186. The van der Waals surface area contributed by atoms with Crippen LogP contribution in [0.15, 0.2) is 49.6 Å². The summed E-state index contributed by atoms with van der Waals surface area (Å²) in [4.78, 5) is 43.9. The standard InChI is InChI=1S/C15H24O4.C9H12O4/c1-5-9-10-15(8-4,11-18-13(16)6-2)12-19-14(17)7-3;1-6(2)8(10)12-5-13-9(11)7(3)4/h6-7H,2-3,5,8-12H2,1,4H3;1,3,5H2,2,4H3. The van der Waals surface area contributed by atoms with Crippen molar-refractivity contribution in [2.75, 3.05) is 20.0 Å². The molecule has 0 aromatic rings. The van der Waals surface area contributed by atoms with E-state index in [1.807, 2.05) is 6.92 Å². The fraction of sp³-hybridized carbons (Fsp3) is 0.500. The second-order valence-corrected chi connectivity index (χ2v) is 7.12. The lowest BCUT2D eigenvalue weighted by Gasteiger charge is -2.31. The Balaban J connectivity index is 0. The number of hydrogen-bond donors (Lipinski definition) is 0. The smallest absolute Gasteiger partial charge is 0.335 e. The van der Waals surface area contributed by atoms with Gasteiger partial charge in [0.25, 0.3) is 0 Å². The molecule has 180 valence electrons. The van der Waals surface area contributed by atoms with E-state index in [2.05, 4.69) is 42.7 Å². The van der Waals surface area contributed by atoms with Crippen molar-refractivity contribution in [2.24, 2.45) is 5.41 Å². The van der Waals surface area contributed by atoms with E-state index in [-0.39, 0.29) is 29.8 Å². The Bertz CT molecular complexity index is 640. The molecule has 0 unspecified atom stereocenters. The first kappa shape index (κ1) is 31.0. The van der Waals surface area contributed by atoms with E-state index in [1.165, 1.54) is 13.8 Å². The van der Waals surface area contributed by atoms with Gasteiger partial charge in [0.15, 0.2) is 0 Å². The van der Waals surface area contributed by atoms with E-state index in [0.717, 1.165) is 37.8 Å². The molecule has 0 N–H and O–H groups in total. The maximum absolute atomic E-state index is 11.2. The van der Waals surface area contributed by atoms with Gasteiger partial charge >= 0.3 is 23.9 Å². The molecule has 0 saturated heterocycles. The number of carbonyl (C=O) groups excluding carboxylic acids is 4. The highest BCUT2D eigenvalue weighted by atomic mass is 16.7. The number of unbranched alkanes of at least 4 members (excludes halogenated alkanes) is 1. The van der Waals surface area contributed by atoms with Crippen molar-refractivity contribution in [1.82, 2.24) is 0 Å². The molecular formula is C24H36O8. The van der Waals surface area contributed by atoms with Crippen molar-refractivity contribution in [3.05, 3.63) is 49.6 Å². The second kappa shape index (κ2) is 17.5. The topological polar surface area (TPSA) is 105 Å². The van der Waals surface area contributed by atoms with Crippen molar-refractivity contribution >= 4 is 23.9 Å². The molecule has 0 aliphatic carbocycles. The average Bonchev–Trinajstić information content (AvgIpc) is 2.78. The van der Waals surface area contributed by atoms with Gasteiger partial charge in [0.1, 0.15) is 13.2 Å². The zero-order valence-corrected chi connectivity index (χ0v) is 19.7. The Hall–Kier alpha value is -3.16. The van der Waals surface area contributed by atoms with Gasteiger partial charge in [-0.1, -0.05) is 53.0 Å². The third-order valence-electron chi connectivity index (χ3n) is 4.26. The summed E-state index contributed by atoms with van der Waals surface area (Å²) in [6, 6.07) is 0. The van der Waals surface area contributed by atoms with Crippen LogP contribution in [0.4, 0.5) is 0 Å². The van der Waals surface area contributed by atoms with Crippen LogP contribution in [0.25, 0.3) is 0 Å². The van der Waals surface area contributed by atoms with Crippen LogP contribution in [0, 0.1) is 5.41 Å². The van der Waals surface area contributed by atoms with Gasteiger partial charge in [-0.25, -0.2) is 19.2 Å². The van der Waals surface area contributed by atoms with Gasteiger partial charge < -0.3 is 18.9 Å². The minimum Gasteiger partial charge on any atom is -0.462 e. The largest absolute Gasteiger partial charge is 0.462 e. The summed E-state index contributed by atoms with van der Waals surface area (Å²) in [5, 5.41) is 0. The molecule has 0 fully saturated rings. The summed E-state index contributed by atoms with van der Waals surface area (Å²) >= 11 is 0. The number of ether oxygens (including phenoxy) is 4. The van der Waals surface area contributed by atoms with E-state index < -0.39 is 30.7 Å². The van der Waals surface area contributed by atoms with Gasteiger partial charge in [0.2, 0.25) is 6.79 Å². The highest BCUT2D eigenvalue weighted by molar-refractivity contribution is 5.88. The highest BCUT2D eigenvalue weighted by Crippen LogP contribution is 2.30. The zero-order chi connectivity index (χ0) is 25.2. The van der Waals surface area contributed by atoms with Crippen molar-refractivity contribution in [3.63, 3.8) is 0 Å². The quantitative estimate of drug-likeness (QED) is 0.167. The van der Waals surface area contributed by atoms with Gasteiger partial charge in [-0.05, 0) is 26.7 Å². The Morgan fingerprint density at radius 1 is 0.781 bits per heavy atom. The summed E-state index contributed by atoms with van der Waals surface area (Å²) in [5.74, 6) is -2.09.